The van der Waals surface area contributed by atoms with Crippen LogP contribution >= 0.6 is 0 Å². The van der Waals surface area contributed by atoms with Crippen LogP contribution < -0.4 is 5.73 Å². The summed E-state index contributed by atoms with van der Waals surface area (Å²) in [5, 5.41) is 0. The van der Waals surface area contributed by atoms with Gasteiger partial charge in [-0.2, -0.15) is 0 Å². The molecule has 2 fully saturated rings. The Hall–Kier alpha value is -1.34. The van der Waals surface area contributed by atoms with E-state index in [0.717, 1.165) is 0 Å². The lowest BCUT2D eigenvalue weighted by Gasteiger charge is -2.15. The van der Waals surface area contributed by atoms with Crippen molar-refractivity contribution < 1.29 is 28.5 Å². The van der Waals surface area contributed by atoms with Crippen LogP contribution in [0.3, 0.4) is 0 Å². The van der Waals surface area contributed by atoms with Gasteiger partial charge in [0.15, 0.2) is 12.2 Å². The number of ether oxygens (including phenoxy) is 4. The minimum atomic E-state index is -0.867. The molecular formula is C9H13NO6. The average molecular weight is 231 g/mol. The van der Waals surface area contributed by atoms with Crippen LogP contribution in [0.25, 0.3) is 0 Å². The number of carbonyl (C=O) groups is 2. The van der Waals surface area contributed by atoms with Gasteiger partial charge >= 0.3 is 12.1 Å². The monoisotopic (exact) mass is 231 g/mol. The lowest BCUT2D eigenvalue weighted by atomic mass is 10.1. The molecule has 0 aromatic carbocycles. The van der Waals surface area contributed by atoms with Gasteiger partial charge in [0, 0.05) is 6.92 Å². The van der Waals surface area contributed by atoms with Gasteiger partial charge in [0.1, 0.15) is 12.2 Å². The maximum Gasteiger partial charge on any atom is 0.404 e. The van der Waals surface area contributed by atoms with Crippen molar-refractivity contribution in [2.45, 2.75) is 31.3 Å². The Kier molecular flexibility index (Phi) is 2.97. The molecule has 1 amide bonds. The summed E-state index contributed by atoms with van der Waals surface area (Å²) in [4.78, 5) is 21.4. The zero-order valence-corrected chi connectivity index (χ0v) is 8.75. The summed E-state index contributed by atoms with van der Waals surface area (Å²) in [6.07, 6.45) is -2.62. The quantitative estimate of drug-likeness (QED) is 0.623. The van der Waals surface area contributed by atoms with E-state index in [9.17, 15) is 9.59 Å². The van der Waals surface area contributed by atoms with Crippen LogP contribution in [-0.4, -0.2) is 49.7 Å². The number of hydrogen-bond acceptors (Lipinski definition) is 6. The first-order valence-electron chi connectivity index (χ1n) is 4.94. The van der Waals surface area contributed by atoms with Crippen LogP contribution in [0.2, 0.25) is 0 Å². The lowest BCUT2D eigenvalue weighted by Crippen LogP contribution is -2.36. The Morgan fingerprint density at radius 3 is 2.06 bits per heavy atom. The highest BCUT2D eigenvalue weighted by atomic mass is 16.7. The molecule has 2 aliphatic rings. The van der Waals surface area contributed by atoms with E-state index >= 15 is 0 Å². The Balaban J connectivity index is 1.95. The fourth-order valence-corrected chi connectivity index (χ4v) is 1.99. The molecule has 0 bridgehead atoms. The van der Waals surface area contributed by atoms with Crippen LogP contribution in [0.4, 0.5) is 4.79 Å². The maximum atomic E-state index is 10.8. The number of rotatable bonds is 2. The first-order chi connectivity index (χ1) is 7.58. The van der Waals surface area contributed by atoms with Gasteiger partial charge in [0.2, 0.25) is 0 Å². The van der Waals surface area contributed by atoms with Gasteiger partial charge in [-0.25, -0.2) is 4.79 Å². The highest BCUT2D eigenvalue weighted by Crippen LogP contribution is 2.30. The number of amides is 1. The Labute approximate surface area is 91.8 Å². The lowest BCUT2D eigenvalue weighted by molar-refractivity contribution is -0.151. The van der Waals surface area contributed by atoms with Crippen LogP contribution in [0, 0.1) is 0 Å². The van der Waals surface area contributed by atoms with Gasteiger partial charge in [-0.3, -0.25) is 4.79 Å². The van der Waals surface area contributed by atoms with Gasteiger partial charge in [0.05, 0.1) is 13.2 Å². The van der Waals surface area contributed by atoms with E-state index in [0.29, 0.717) is 0 Å². The fourth-order valence-electron chi connectivity index (χ4n) is 1.99. The molecule has 2 aliphatic heterocycles. The maximum absolute atomic E-state index is 10.8. The smallest absolute Gasteiger partial charge is 0.404 e. The molecule has 2 rings (SSSR count). The molecule has 2 heterocycles. The summed E-state index contributed by atoms with van der Waals surface area (Å²) >= 11 is 0. The highest BCUT2D eigenvalue weighted by molar-refractivity contribution is 5.66. The summed E-state index contributed by atoms with van der Waals surface area (Å²) in [6, 6.07) is 0. The van der Waals surface area contributed by atoms with Crippen molar-refractivity contribution in [3.05, 3.63) is 0 Å². The second-order valence-electron chi connectivity index (χ2n) is 3.72. The van der Waals surface area contributed by atoms with E-state index in [1.807, 2.05) is 0 Å². The van der Waals surface area contributed by atoms with Crippen molar-refractivity contribution in [2.75, 3.05) is 13.2 Å². The fraction of sp³-hybridized carbons (Fsp3) is 0.778. The molecule has 0 radical (unpaired) electrons. The summed E-state index contributed by atoms with van der Waals surface area (Å²) in [7, 11) is 0. The number of primary amides is 1. The van der Waals surface area contributed by atoms with E-state index in [-0.39, 0.29) is 19.3 Å². The van der Waals surface area contributed by atoms with Crippen molar-refractivity contribution >= 4 is 12.1 Å². The third-order valence-electron chi connectivity index (χ3n) is 2.55. The standard InChI is InChI=1S/C9H13NO6/c1-4(11)15-5-2-13-8-6(16-9(10)12)3-14-7(5)8/h5-8H,2-3H2,1H3,(H2,10,12)/t5-,6-,7-,8-/m1/s1. The second-order valence-corrected chi connectivity index (χ2v) is 3.72. The third-order valence-corrected chi connectivity index (χ3v) is 2.55. The van der Waals surface area contributed by atoms with Gasteiger partial charge in [0.25, 0.3) is 0 Å². The number of esters is 1. The third kappa shape index (κ3) is 2.10. The minimum absolute atomic E-state index is 0.204. The van der Waals surface area contributed by atoms with Crippen molar-refractivity contribution in [2.24, 2.45) is 5.73 Å². The highest BCUT2D eigenvalue weighted by Gasteiger charge is 2.50. The number of fused-ring (bicyclic) bond motifs is 1. The first kappa shape index (κ1) is 11.2. The second kappa shape index (κ2) is 4.26. The van der Waals surface area contributed by atoms with Crippen LogP contribution in [0.15, 0.2) is 0 Å². The van der Waals surface area contributed by atoms with Crippen molar-refractivity contribution in [1.82, 2.24) is 0 Å². The molecule has 2 N–H and O–H groups in total. The summed E-state index contributed by atoms with van der Waals surface area (Å²) in [6.45, 7) is 1.77. The van der Waals surface area contributed by atoms with E-state index < -0.39 is 30.4 Å². The van der Waals surface area contributed by atoms with Crippen LogP contribution in [0.1, 0.15) is 6.92 Å². The zero-order valence-electron chi connectivity index (χ0n) is 8.75. The zero-order chi connectivity index (χ0) is 11.7. The molecule has 4 atom stereocenters. The predicted octanol–water partition coefficient (Wildman–Crippen LogP) is -0.820. The van der Waals surface area contributed by atoms with E-state index in [1.165, 1.54) is 6.92 Å². The molecule has 7 heteroatoms. The molecule has 0 aliphatic carbocycles. The Morgan fingerprint density at radius 1 is 1.12 bits per heavy atom. The van der Waals surface area contributed by atoms with Gasteiger partial charge in [-0.15, -0.1) is 0 Å². The van der Waals surface area contributed by atoms with Crippen molar-refractivity contribution in [3.63, 3.8) is 0 Å². The molecule has 0 spiro atoms. The van der Waals surface area contributed by atoms with E-state index in [2.05, 4.69) is 0 Å². The predicted molar refractivity (Wildman–Crippen MR) is 49.5 cm³/mol. The molecule has 7 nitrogen and oxygen atoms in total. The Bertz CT molecular complexity index is 276. The molecule has 16 heavy (non-hydrogen) atoms. The van der Waals surface area contributed by atoms with Gasteiger partial charge in [-0.05, 0) is 0 Å². The molecule has 0 saturated carbocycles. The van der Waals surface area contributed by atoms with E-state index in [4.69, 9.17) is 24.7 Å². The van der Waals surface area contributed by atoms with E-state index in [1.54, 1.807) is 0 Å². The minimum Gasteiger partial charge on any atom is -0.457 e. The summed E-state index contributed by atoms with van der Waals surface area (Å²) < 4.78 is 20.6. The topological polar surface area (TPSA) is 97.1 Å². The average Bonchev–Trinajstić information content (AvgIpc) is 2.70. The number of nitrogens with two attached hydrogens (primary N) is 1. The van der Waals surface area contributed by atoms with Crippen LogP contribution in [0.5, 0.6) is 0 Å². The summed E-state index contributed by atoms with van der Waals surface area (Å²) in [5.41, 5.74) is 4.91. The summed E-state index contributed by atoms with van der Waals surface area (Å²) in [5.74, 6) is -0.392. The molecule has 0 aromatic heterocycles. The first-order valence-corrected chi connectivity index (χ1v) is 4.94. The van der Waals surface area contributed by atoms with Crippen molar-refractivity contribution in [1.29, 1.82) is 0 Å². The number of carbonyl (C=O) groups excluding carboxylic acids is 2. The van der Waals surface area contributed by atoms with Crippen molar-refractivity contribution in [3.8, 4) is 0 Å². The van der Waals surface area contributed by atoms with Gasteiger partial charge in [-0.1, -0.05) is 0 Å². The molecular weight excluding hydrogens is 218 g/mol. The largest absolute Gasteiger partial charge is 0.457 e. The van der Waals surface area contributed by atoms with Crippen LogP contribution in [-0.2, 0) is 23.7 Å². The molecule has 2 saturated heterocycles. The van der Waals surface area contributed by atoms with Gasteiger partial charge < -0.3 is 24.7 Å². The Morgan fingerprint density at radius 2 is 1.62 bits per heavy atom. The molecule has 0 aromatic rings. The number of hydrogen-bond donors (Lipinski definition) is 1. The SMILES string of the molecule is CC(=O)O[C@@H]1CO[C@H]2[C@@H]1OC[C@H]2OC(N)=O. The molecule has 90 valence electrons. The molecule has 0 unspecified atom stereocenters. The normalized spacial score (nSPS) is 36.8.